The SMILES string of the molecule is C=Cc1c(CCCC(C)CN)cc(F)cc1Nc1ccc(C)cc1F.CC.CC. The van der Waals surface area contributed by atoms with Crippen LogP contribution in [-0.2, 0) is 6.42 Å². The predicted octanol–water partition coefficient (Wildman–Crippen LogP) is 7.63. The number of nitrogens with two attached hydrogens (primary N) is 1. The van der Waals surface area contributed by atoms with Gasteiger partial charge in [-0.05, 0) is 74.0 Å². The first kappa shape index (κ1) is 26.8. The number of rotatable bonds is 8. The van der Waals surface area contributed by atoms with Crippen LogP contribution >= 0.6 is 0 Å². The fourth-order valence-electron chi connectivity index (χ4n) is 2.85. The highest BCUT2D eigenvalue weighted by Gasteiger charge is 2.12. The minimum atomic E-state index is -0.363. The standard InChI is InChI=1S/C21H26F2N2.2C2H6/c1-4-18-16(7-5-6-15(3)13-24)11-17(22)12-21(18)25-20-9-8-14(2)10-19(20)23;2*1-2/h4,8-12,15,25H,1,5-7,13,24H2,2-3H3;2*1-2H3. The molecule has 3 N–H and O–H groups in total. The topological polar surface area (TPSA) is 38.0 Å². The first-order chi connectivity index (χ1) is 13.9. The highest BCUT2D eigenvalue weighted by atomic mass is 19.1. The number of hydrogen-bond acceptors (Lipinski definition) is 2. The van der Waals surface area contributed by atoms with Crippen molar-refractivity contribution >= 4 is 17.5 Å². The summed E-state index contributed by atoms with van der Waals surface area (Å²) in [5.41, 5.74) is 9.00. The number of halogens is 2. The van der Waals surface area contributed by atoms with Gasteiger partial charge in [0, 0.05) is 11.3 Å². The van der Waals surface area contributed by atoms with E-state index in [0.29, 0.717) is 23.8 Å². The quantitative estimate of drug-likeness (QED) is 0.474. The Morgan fingerprint density at radius 2 is 1.72 bits per heavy atom. The van der Waals surface area contributed by atoms with Crippen LogP contribution in [0.25, 0.3) is 6.08 Å². The van der Waals surface area contributed by atoms with E-state index in [4.69, 9.17) is 5.73 Å². The Kier molecular flexibility index (Phi) is 13.6. The molecule has 0 fully saturated rings. The van der Waals surface area contributed by atoms with Crippen molar-refractivity contribution in [3.05, 3.63) is 65.2 Å². The lowest BCUT2D eigenvalue weighted by molar-refractivity contribution is 0.520. The molecule has 0 aromatic heterocycles. The molecule has 0 saturated carbocycles. The summed E-state index contributed by atoms with van der Waals surface area (Å²) in [6, 6.07) is 7.83. The third-order valence-electron chi connectivity index (χ3n) is 4.37. The van der Waals surface area contributed by atoms with Crippen LogP contribution < -0.4 is 11.1 Å². The Morgan fingerprint density at radius 3 is 2.28 bits per heavy atom. The third kappa shape index (κ3) is 8.78. The number of nitrogens with one attached hydrogen (secondary N) is 1. The second kappa shape index (κ2) is 14.7. The van der Waals surface area contributed by atoms with Gasteiger partial charge in [0.25, 0.3) is 0 Å². The van der Waals surface area contributed by atoms with Gasteiger partial charge in [-0.25, -0.2) is 8.78 Å². The number of aryl methyl sites for hydroxylation is 2. The fraction of sp³-hybridized carbons (Fsp3) is 0.440. The van der Waals surface area contributed by atoms with Gasteiger partial charge in [-0.2, -0.15) is 0 Å². The van der Waals surface area contributed by atoms with Crippen LogP contribution in [0, 0.1) is 24.5 Å². The van der Waals surface area contributed by atoms with Crippen LogP contribution in [0.4, 0.5) is 20.2 Å². The Balaban J connectivity index is 0.00000184. The zero-order chi connectivity index (χ0) is 22.4. The summed E-state index contributed by atoms with van der Waals surface area (Å²) in [6.07, 6.45) is 4.32. The van der Waals surface area contributed by atoms with E-state index < -0.39 is 0 Å². The maximum absolute atomic E-state index is 14.1. The van der Waals surface area contributed by atoms with Gasteiger partial charge < -0.3 is 11.1 Å². The fourth-order valence-corrected chi connectivity index (χ4v) is 2.85. The molecular weight excluding hydrogens is 366 g/mol. The van der Waals surface area contributed by atoms with Crippen molar-refractivity contribution in [2.45, 2.75) is 60.8 Å². The molecule has 162 valence electrons. The molecule has 2 nitrogen and oxygen atoms in total. The van der Waals surface area contributed by atoms with E-state index >= 15 is 0 Å². The minimum Gasteiger partial charge on any atom is -0.353 e. The predicted molar refractivity (Wildman–Crippen MR) is 125 cm³/mol. The summed E-state index contributed by atoms with van der Waals surface area (Å²) >= 11 is 0. The molecule has 0 bridgehead atoms. The average Bonchev–Trinajstić information content (AvgIpc) is 2.72. The summed E-state index contributed by atoms with van der Waals surface area (Å²) in [6.45, 7) is 16.4. The van der Waals surface area contributed by atoms with Crippen LogP contribution in [0.5, 0.6) is 0 Å². The van der Waals surface area contributed by atoms with E-state index in [0.717, 1.165) is 36.0 Å². The number of anilines is 2. The maximum Gasteiger partial charge on any atom is 0.146 e. The Hall–Kier alpha value is -2.20. The largest absolute Gasteiger partial charge is 0.353 e. The molecule has 2 aromatic rings. The zero-order valence-corrected chi connectivity index (χ0v) is 18.9. The van der Waals surface area contributed by atoms with Gasteiger partial charge in [0.2, 0.25) is 0 Å². The van der Waals surface area contributed by atoms with Crippen molar-refractivity contribution in [1.82, 2.24) is 0 Å². The van der Waals surface area contributed by atoms with E-state index in [2.05, 4.69) is 18.8 Å². The van der Waals surface area contributed by atoms with E-state index in [1.54, 1.807) is 12.1 Å². The average molecular weight is 405 g/mol. The molecule has 4 heteroatoms. The van der Waals surface area contributed by atoms with E-state index in [-0.39, 0.29) is 11.6 Å². The van der Waals surface area contributed by atoms with Crippen molar-refractivity contribution in [1.29, 1.82) is 0 Å². The van der Waals surface area contributed by atoms with E-state index in [1.807, 2.05) is 40.7 Å². The second-order valence-corrected chi connectivity index (χ2v) is 6.57. The van der Waals surface area contributed by atoms with Gasteiger partial charge in [0.05, 0.1) is 5.69 Å². The van der Waals surface area contributed by atoms with E-state index in [9.17, 15) is 8.78 Å². The second-order valence-electron chi connectivity index (χ2n) is 6.57. The first-order valence-corrected chi connectivity index (χ1v) is 10.6. The molecule has 0 aliphatic heterocycles. The molecule has 0 spiro atoms. The molecular formula is C25H38F2N2. The van der Waals surface area contributed by atoms with Gasteiger partial charge in [0.15, 0.2) is 0 Å². The number of hydrogen-bond donors (Lipinski definition) is 2. The molecule has 0 saturated heterocycles. The molecule has 1 unspecified atom stereocenters. The lowest BCUT2D eigenvalue weighted by Gasteiger charge is -2.16. The zero-order valence-electron chi connectivity index (χ0n) is 18.9. The Morgan fingerprint density at radius 1 is 1.07 bits per heavy atom. The molecule has 1 atom stereocenters. The molecule has 0 radical (unpaired) electrons. The highest BCUT2D eigenvalue weighted by molar-refractivity contribution is 5.74. The Labute approximate surface area is 176 Å². The van der Waals surface area contributed by atoms with Crippen LogP contribution in [0.15, 0.2) is 36.9 Å². The molecule has 2 rings (SSSR count). The van der Waals surface area contributed by atoms with Gasteiger partial charge in [-0.1, -0.05) is 53.3 Å². The summed E-state index contributed by atoms with van der Waals surface area (Å²) in [5.74, 6) is -0.264. The summed E-state index contributed by atoms with van der Waals surface area (Å²) < 4.78 is 28.2. The van der Waals surface area contributed by atoms with Crippen molar-refractivity contribution in [3.63, 3.8) is 0 Å². The molecule has 2 aromatic carbocycles. The molecule has 0 aliphatic rings. The van der Waals surface area contributed by atoms with Crippen molar-refractivity contribution < 1.29 is 8.78 Å². The molecule has 0 heterocycles. The number of benzene rings is 2. The molecule has 0 amide bonds. The normalized spacial score (nSPS) is 10.8. The summed E-state index contributed by atoms with van der Waals surface area (Å²) in [5, 5.41) is 3.00. The first-order valence-electron chi connectivity index (χ1n) is 10.6. The highest BCUT2D eigenvalue weighted by Crippen LogP contribution is 2.29. The minimum absolute atomic E-state index is 0.321. The Bertz CT molecular complexity index is 742. The smallest absolute Gasteiger partial charge is 0.146 e. The van der Waals surface area contributed by atoms with Crippen LogP contribution in [-0.4, -0.2) is 6.54 Å². The van der Waals surface area contributed by atoms with Crippen LogP contribution in [0.1, 0.15) is 64.2 Å². The summed E-state index contributed by atoms with van der Waals surface area (Å²) in [7, 11) is 0. The van der Waals surface area contributed by atoms with Gasteiger partial charge >= 0.3 is 0 Å². The van der Waals surface area contributed by atoms with Crippen LogP contribution in [0.3, 0.4) is 0 Å². The third-order valence-corrected chi connectivity index (χ3v) is 4.37. The lowest BCUT2D eigenvalue weighted by Crippen LogP contribution is -2.10. The van der Waals surface area contributed by atoms with Crippen molar-refractivity contribution in [2.75, 3.05) is 11.9 Å². The van der Waals surface area contributed by atoms with Crippen LogP contribution in [0.2, 0.25) is 0 Å². The lowest BCUT2D eigenvalue weighted by atomic mass is 9.96. The molecule has 0 aliphatic carbocycles. The monoisotopic (exact) mass is 404 g/mol. The summed E-state index contributed by atoms with van der Waals surface area (Å²) in [4.78, 5) is 0. The van der Waals surface area contributed by atoms with Gasteiger partial charge in [-0.15, -0.1) is 0 Å². The van der Waals surface area contributed by atoms with Crippen molar-refractivity contribution in [3.8, 4) is 0 Å². The van der Waals surface area contributed by atoms with Gasteiger partial charge in [-0.3, -0.25) is 0 Å². The molecule has 29 heavy (non-hydrogen) atoms. The van der Waals surface area contributed by atoms with Crippen molar-refractivity contribution in [2.24, 2.45) is 11.7 Å². The van der Waals surface area contributed by atoms with E-state index in [1.165, 1.54) is 18.2 Å². The maximum atomic E-state index is 14.1. The van der Waals surface area contributed by atoms with Gasteiger partial charge in [0.1, 0.15) is 11.6 Å².